The fourth-order valence-corrected chi connectivity index (χ4v) is 1.79. The maximum absolute atomic E-state index is 9.00. The number of benzene rings is 1. The van der Waals surface area contributed by atoms with Crippen LogP contribution in [0.25, 0.3) is 0 Å². The van der Waals surface area contributed by atoms with Crippen molar-refractivity contribution in [1.29, 1.82) is 5.26 Å². The number of nitrogens with zero attached hydrogens (tertiary/aromatic N) is 1. The molecule has 78 valence electrons. The first-order chi connectivity index (χ1) is 7.19. The molecule has 0 saturated heterocycles. The summed E-state index contributed by atoms with van der Waals surface area (Å²) >= 11 is 3.35. The van der Waals surface area contributed by atoms with Crippen LogP contribution in [0.2, 0.25) is 0 Å². The molecule has 0 bridgehead atoms. The lowest BCUT2D eigenvalue weighted by Gasteiger charge is -2.14. The number of nitrogens with one attached hydrogen (secondary N) is 1. The molecule has 15 heavy (non-hydrogen) atoms. The molecule has 3 heteroatoms. The first-order valence-electron chi connectivity index (χ1n) is 4.75. The van der Waals surface area contributed by atoms with Gasteiger partial charge < -0.3 is 5.32 Å². The second-order valence-corrected chi connectivity index (χ2v) is 4.20. The van der Waals surface area contributed by atoms with Gasteiger partial charge in [-0.1, -0.05) is 12.1 Å². The van der Waals surface area contributed by atoms with E-state index in [1.165, 1.54) is 0 Å². The number of hydrogen-bond donors (Lipinski definition) is 1. The topological polar surface area (TPSA) is 35.8 Å². The predicted molar refractivity (Wildman–Crippen MR) is 66.8 cm³/mol. The zero-order chi connectivity index (χ0) is 11.3. The first kappa shape index (κ1) is 11.8. The molecule has 0 aliphatic heterocycles. The van der Waals surface area contributed by atoms with E-state index in [0.29, 0.717) is 5.56 Å². The Morgan fingerprint density at radius 1 is 1.67 bits per heavy atom. The lowest BCUT2D eigenvalue weighted by Crippen LogP contribution is -2.14. The van der Waals surface area contributed by atoms with E-state index in [0.717, 1.165) is 16.6 Å². The monoisotopic (exact) mass is 264 g/mol. The molecule has 1 aromatic carbocycles. The molecule has 0 fully saturated rings. The summed E-state index contributed by atoms with van der Waals surface area (Å²) in [4.78, 5) is 0. The van der Waals surface area contributed by atoms with Crippen LogP contribution in [0.1, 0.15) is 18.9 Å². The standard InChI is InChI=1S/C12H13BrN2/c1-3-5-9(2)15-12-7-4-6-11(13)10(12)8-14/h3-4,6-7,9,15H,1,5H2,2H3. The van der Waals surface area contributed by atoms with Gasteiger partial charge in [-0.25, -0.2) is 0 Å². The molecule has 1 rings (SSSR count). The molecule has 2 nitrogen and oxygen atoms in total. The van der Waals surface area contributed by atoms with Crippen molar-refractivity contribution in [3.05, 3.63) is 40.9 Å². The zero-order valence-electron chi connectivity index (χ0n) is 8.63. The van der Waals surface area contributed by atoms with Crippen LogP contribution >= 0.6 is 15.9 Å². The van der Waals surface area contributed by atoms with Crippen molar-refractivity contribution in [2.24, 2.45) is 0 Å². The van der Waals surface area contributed by atoms with Gasteiger partial charge >= 0.3 is 0 Å². The molecule has 1 atom stereocenters. The van der Waals surface area contributed by atoms with E-state index in [-0.39, 0.29) is 6.04 Å². The highest BCUT2D eigenvalue weighted by atomic mass is 79.9. The van der Waals surface area contributed by atoms with Crippen molar-refractivity contribution < 1.29 is 0 Å². The van der Waals surface area contributed by atoms with Crippen molar-refractivity contribution in [1.82, 2.24) is 0 Å². The second kappa shape index (κ2) is 5.57. The Morgan fingerprint density at radius 3 is 3.00 bits per heavy atom. The smallest absolute Gasteiger partial charge is 0.103 e. The van der Waals surface area contributed by atoms with Gasteiger partial charge in [0, 0.05) is 10.5 Å². The van der Waals surface area contributed by atoms with Gasteiger partial charge in [0.15, 0.2) is 0 Å². The van der Waals surface area contributed by atoms with Crippen molar-refractivity contribution in [3.8, 4) is 6.07 Å². The third-order valence-corrected chi connectivity index (χ3v) is 2.71. The number of halogens is 1. The SMILES string of the molecule is C=CCC(C)Nc1cccc(Br)c1C#N. The van der Waals surface area contributed by atoms with Gasteiger partial charge in [-0.15, -0.1) is 6.58 Å². The Kier molecular flexibility index (Phi) is 4.38. The van der Waals surface area contributed by atoms with Crippen molar-refractivity contribution >= 4 is 21.6 Å². The van der Waals surface area contributed by atoms with Crippen LogP contribution in [0, 0.1) is 11.3 Å². The van der Waals surface area contributed by atoms with Crippen LogP contribution in [-0.4, -0.2) is 6.04 Å². The molecule has 0 aliphatic carbocycles. The summed E-state index contributed by atoms with van der Waals surface area (Å²) in [7, 11) is 0. The Labute approximate surface area is 98.7 Å². The average Bonchev–Trinajstić information content (AvgIpc) is 2.18. The molecule has 0 heterocycles. The Balaban J connectivity index is 2.90. The molecule has 0 spiro atoms. The van der Waals surface area contributed by atoms with Gasteiger partial charge in [0.25, 0.3) is 0 Å². The molecular formula is C12H13BrN2. The number of anilines is 1. The van der Waals surface area contributed by atoms with Crippen molar-refractivity contribution in [2.75, 3.05) is 5.32 Å². The van der Waals surface area contributed by atoms with Crippen molar-refractivity contribution in [2.45, 2.75) is 19.4 Å². The van der Waals surface area contributed by atoms with Crippen LogP contribution in [-0.2, 0) is 0 Å². The summed E-state index contributed by atoms with van der Waals surface area (Å²) < 4.78 is 0.820. The maximum Gasteiger partial charge on any atom is 0.103 e. The summed E-state index contributed by atoms with van der Waals surface area (Å²) in [5.41, 5.74) is 1.51. The third kappa shape index (κ3) is 3.10. The van der Waals surface area contributed by atoms with Gasteiger partial charge in [0.1, 0.15) is 6.07 Å². The number of nitriles is 1. The van der Waals surface area contributed by atoms with Crippen LogP contribution in [0.5, 0.6) is 0 Å². The van der Waals surface area contributed by atoms with E-state index in [4.69, 9.17) is 5.26 Å². The Bertz CT molecular complexity index is 393. The summed E-state index contributed by atoms with van der Waals surface area (Å²) in [5, 5.41) is 12.3. The van der Waals surface area contributed by atoms with Crippen LogP contribution < -0.4 is 5.32 Å². The molecule has 0 aliphatic rings. The minimum absolute atomic E-state index is 0.281. The van der Waals surface area contributed by atoms with E-state index in [9.17, 15) is 0 Å². The Morgan fingerprint density at radius 2 is 2.40 bits per heavy atom. The summed E-state index contributed by atoms with van der Waals surface area (Å²) in [6, 6.07) is 8.14. The molecule has 1 N–H and O–H groups in total. The second-order valence-electron chi connectivity index (χ2n) is 3.34. The lowest BCUT2D eigenvalue weighted by molar-refractivity contribution is 0.813. The minimum Gasteiger partial charge on any atom is -0.381 e. The largest absolute Gasteiger partial charge is 0.381 e. The predicted octanol–water partition coefficient (Wildman–Crippen LogP) is 3.70. The van der Waals surface area contributed by atoms with Gasteiger partial charge in [0.2, 0.25) is 0 Å². The molecular weight excluding hydrogens is 252 g/mol. The van der Waals surface area contributed by atoms with Gasteiger partial charge in [-0.3, -0.25) is 0 Å². The van der Waals surface area contributed by atoms with Crippen LogP contribution in [0.15, 0.2) is 35.3 Å². The number of hydrogen-bond acceptors (Lipinski definition) is 2. The fourth-order valence-electron chi connectivity index (χ4n) is 1.33. The molecule has 0 aromatic heterocycles. The van der Waals surface area contributed by atoms with Gasteiger partial charge in [-0.05, 0) is 41.4 Å². The minimum atomic E-state index is 0.281. The van der Waals surface area contributed by atoms with Gasteiger partial charge in [0.05, 0.1) is 11.3 Å². The Hall–Kier alpha value is -1.27. The average molecular weight is 265 g/mol. The maximum atomic E-state index is 9.00. The number of rotatable bonds is 4. The molecule has 0 saturated carbocycles. The van der Waals surface area contributed by atoms with E-state index >= 15 is 0 Å². The highest BCUT2D eigenvalue weighted by molar-refractivity contribution is 9.10. The van der Waals surface area contributed by atoms with Crippen molar-refractivity contribution in [3.63, 3.8) is 0 Å². The summed E-state index contributed by atoms with van der Waals surface area (Å²) in [6.45, 7) is 5.75. The highest BCUT2D eigenvalue weighted by Crippen LogP contribution is 2.24. The molecule has 0 amide bonds. The van der Waals surface area contributed by atoms with Crippen LogP contribution in [0.3, 0.4) is 0 Å². The first-order valence-corrected chi connectivity index (χ1v) is 5.54. The molecule has 1 aromatic rings. The van der Waals surface area contributed by atoms with E-state index in [2.05, 4.69) is 40.8 Å². The highest BCUT2D eigenvalue weighted by Gasteiger charge is 2.07. The summed E-state index contributed by atoms with van der Waals surface area (Å²) in [5.74, 6) is 0. The third-order valence-electron chi connectivity index (χ3n) is 2.05. The molecule has 0 radical (unpaired) electrons. The normalized spacial score (nSPS) is 11.5. The molecule has 1 unspecified atom stereocenters. The lowest BCUT2D eigenvalue weighted by atomic mass is 10.1. The van der Waals surface area contributed by atoms with Crippen LogP contribution in [0.4, 0.5) is 5.69 Å². The van der Waals surface area contributed by atoms with E-state index in [1.54, 1.807) is 0 Å². The quantitative estimate of drug-likeness (QED) is 0.842. The van der Waals surface area contributed by atoms with E-state index < -0.39 is 0 Å². The zero-order valence-corrected chi connectivity index (χ0v) is 10.2. The fraction of sp³-hybridized carbons (Fsp3) is 0.250. The van der Waals surface area contributed by atoms with E-state index in [1.807, 2.05) is 24.3 Å². The summed E-state index contributed by atoms with van der Waals surface area (Å²) in [6.07, 6.45) is 2.74. The van der Waals surface area contributed by atoms with Gasteiger partial charge in [-0.2, -0.15) is 5.26 Å².